The first-order chi connectivity index (χ1) is 11.5. The van der Waals surface area contributed by atoms with Crippen LogP contribution in [0.4, 0.5) is 0 Å². The van der Waals surface area contributed by atoms with Crippen LogP contribution in [0.2, 0.25) is 0 Å². The molecular weight excluding hydrogens is 368 g/mol. The zero-order valence-electron chi connectivity index (χ0n) is 13.6. The molecule has 0 spiro atoms. The summed E-state index contributed by atoms with van der Waals surface area (Å²) in [7, 11) is 0. The molecule has 0 aliphatic rings. The Morgan fingerprint density at radius 2 is 1.88 bits per heavy atom. The minimum absolute atomic E-state index is 0.129. The fourth-order valence-corrected chi connectivity index (χ4v) is 2.84. The number of nitrogens with zero attached hydrogens (tertiary/aromatic N) is 1. The molecule has 2 aromatic carbocycles. The summed E-state index contributed by atoms with van der Waals surface area (Å²) in [4.78, 5) is 17.1. The highest BCUT2D eigenvalue weighted by Crippen LogP contribution is 2.25. The molecule has 1 amide bonds. The summed E-state index contributed by atoms with van der Waals surface area (Å²) in [6, 6.07) is 14.7. The number of oxazole rings is 1. The van der Waals surface area contributed by atoms with E-state index in [9.17, 15) is 4.79 Å². The number of nitrogens with one attached hydrogen (secondary N) is 1. The van der Waals surface area contributed by atoms with Crippen molar-refractivity contribution in [2.75, 3.05) is 0 Å². The first kappa shape index (κ1) is 16.7. The number of aromatic nitrogens is 1. The normalized spacial score (nSPS) is 12.5. The van der Waals surface area contributed by atoms with Crippen LogP contribution >= 0.6 is 15.9 Å². The summed E-state index contributed by atoms with van der Waals surface area (Å²) in [6.45, 7) is 4.23. The standard InChI is InChI=1S/C19H19BrN2O2/c1-12(2)11-16(19-22-15-5-3-4-6-17(15)24-19)21-18(23)13-7-9-14(20)10-8-13/h3-10,12,16H,11H2,1-2H3,(H,21,23)/t16-/m1/s1. The first-order valence-corrected chi connectivity index (χ1v) is 8.74. The van der Waals surface area contributed by atoms with Gasteiger partial charge in [0.1, 0.15) is 11.6 Å². The fraction of sp³-hybridized carbons (Fsp3) is 0.263. The molecule has 5 heteroatoms. The molecule has 124 valence electrons. The third-order valence-corrected chi connectivity index (χ3v) is 4.26. The van der Waals surface area contributed by atoms with Crippen LogP contribution in [-0.4, -0.2) is 10.9 Å². The number of benzene rings is 2. The second-order valence-corrected chi connectivity index (χ2v) is 7.10. The van der Waals surface area contributed by atoms with Crippen LogP contribution in [0, 0.1) is 5.92 Å². The summed E-state index contributed by atoms with van der Waals surface area (Å²) in [5.41, 5.74) is 2.15. The van der Waals surface area contributed by atoms with Crippen molar-refractivity contribution >= 4 is 32.9 Å². The minimum Gasteiger partial charge on any atom is -0.438 e. The maximum Gasteiger partial charge on any atom is 0.251 e. The van der Waals surface area contributed by atoms with E-state index in [1.54, 1.807) is 12.1 Å². The maximum absolute atomic E-state index is 12.5. The van der Waals surface area contributed by atoms with Crippen molar-refractivity contribution < 1.29 is 9.21 Å². The van der Waals surface area contributed by atoms with Gasteiger partial charge in [-0.1, -0.05) is 41.9 Å². The third kappa shape index (κ3) is 3.85. The predicted molar refractivity (Wildman–Crippen MR) is 97.8 cm³/mol. The Kier molecular flexibility index (Phi) is 5.00. The Bertz CT molecular complexity index is 807. The Labute approximate surface area is 149 Å². The molecule has 0 fully saturated rings. The number of fused-ring (bicyclic) bond motifs is 1. The van der Waals surface area contributed by atoms with Gasteiger partial charge in [-0.25, -0.2) is 4.98 Å². The summed E-state index contributed by atoms with van der Waals surface area (Å²) < 4.78 is 6.80. The lowest BCUT2D eigenvalue weighted by Crippen LogP contribution is -2.29. The second-order valence-electron chi connectivity index (χ2n) is 6.18. The molecule has 1 atom stereocenters. The van der Waals surface area contributed by atoms with E-state index in [0.29, 0.717) is 17.4 Å². The number of para-hydroxylation sites is 2. The van der Waals surface area contributed by atoms with E-state index in [1.165, 1.54) is 0 Å². The Balaban J connectivity index is 1.85. The molecule has 0 aliphatic carbocycles. The largest absolute Gasteiger partial charge is 0.438 e. The lowest BCUT2D eigenvalue weighted by molar-refractivity contribution is 0.0925. The zero-order chi connectivity index (χ0) is 17.1. The minimum atomic E-state index is -0.256. The van der Waals surface area contributed by atoms with Crippen molar-refractivity contribution in [3.63, 3.8) is 0 Å². The molecule has 3 aromatic rings. The summed E-state index contributed by atoms with van der Waals surface area (Å²) in [6.07, 6.45) is 0.759. The van der Waals surface area contributed by atoms with Gasteiger partial charge in [-0.15, -0.1) is 0 Å². The van der Waals surface area contributed by atoms with Gasteiger partial charge in [0.25, 0.3) is 5.91 Å². The van der Waals surface area contributed by atoms with E-state index in [-0.39, 0.29) is 11.9 Å². The van der Waals surface area contributed by atoms with Crippen molar-refractivity contribution in [3.05, 3.63) is 64.5 Å². The van der Waals surface area contributed by atoms with Crippen LogP contribution in [0.15, 0.2) is 57.4 Å². The fourth-order valence-electron chi connectivity index (χ4n) is 2.57. The lowest BCUT2D eigenvalue weighted by Gasteiger charge is -2.17. The number of rotatable bonds is 5. The highest BCUT2D eigenvalue weighted by molar-refractivity contribution is 9.10. The Morgan fingerprint density at radius 3 is 2.54 bits per heavy atom. The van der Waals surface area contributed by atoms with E-state index in [4.69, 9.17) is 4.42 Å². The van der Waals surface area contributed by atoms with Crippen molar-refractivity contribution in [2.24, 2.45) is 5.92 Å². The van der Waals surface area contributed by atoms with E-state index in [0.717, 1.165) is 22.0 Å². The highest BCUT2D eigenvalue weighted by atomic mass is 79.9. The molecule has 4 nitrogen and oxygen atoms in total. The summed E-state index contributed by atoms with van der Waals surface area (Å²) in [5, 5.41) is 3.05. The van der Waals surface area contributed by atoms with Crippen LogP contribution in [0.3, 0.4) is 0 Å². The van der Waals surface area contributed by atoms with E-state index >= 15 is 0 Å². The van der Waals surface area contributed by atoms with Gasteiger partial charge in [0.15, 0.2) is 5.58 Å². The van der Waals surface area contributed by atoms with E-state index in [2.05, 4.69) is 40.1 Å². The molecule has 24 heavy (non-hydrogen) atoms. The van der Waals surface area contributed by atoms with Gasteiger partial charge in [-0.2, -0.15) is 0 Å². The molecule has 0 radical (unpaired) electrons. The molecule has 3 rings (SSSR count). The molecule has 0 bridgehead atoms. The number of carbonyl (C=O) groups is 1. The van der Waals surface area contributed by atoms with Gasteiger partial charge < -0.3 is 9.73 Å². The SMILES string of the molecule is CC(C)C[C@@H](NC(=O)c1ccc(Br)cc1)c1nc2ccccc2o1. The maximum atomic E-state index is 12.5. The zero-order valence-corrected chi connectivity index (χ0v) is 15.2. The molecule has 0 saturated heterocycles. The van der Waals surface area contributed by atoms with Crippen molar-refractivity contribution in [1.29, 1.82) is 0 Å². The average Bonchev–Trinajstić information content (AvgIpc) is 2.98. The molecular formula is C19H19BrN2O2. The monoisotopic (exact) mass is 386 g/mol. The number of hydrogen-bond acceptors (Lipinski definition) is 3. The number of halogens is 1. The molecule has 1 N–H and O–H groups in total. The highest BCUT2D eigenvalue weighted by Gasteiger charge is 2.22. The quantitative estimate of drug-likeness (QED) is 0.662. The Morgan fingerprint density at radius 1 is 1.17 bits per heavy atom. The van der Waals surface area contributed by atoms with Gasteiger partial charge in [0, 0.05) is 10.0 Å². The number of amides is 1. The van der Waals surface area contributed by atoms with Gasteiger partial charge in [0.2, 0.25) is 5.89 Å². The molecule has 1 heterocycles. The number of carbonyl (C=O) groups excluding carboxylic acids is 1. The lowest BCUT2D eigenvalue weighted by atomic mass is 10.0. The van der Waals surface area contributed by atoms with Crippen LogP contribution in [0.1, 0.15) is 42.6 Å². The van der Waals surface area contributed by atoms with E-state index < -0.39 is 0 Å². The van der Waals surface area contributed by atoms with E-state index in [1.807, 2.05) is 36.4 Å². The van der Waals surface area contributed by atoms with Crippen molar-refractivity contribution in [1.82, 2.24) is 10.3 Å². The molecule has 0 unspecified atom stereocenters. The van der Waals surface area contributed by atoms with Crippen LogP contribution in [0.5, 0.6) is 0 Å². The molecule has 0 saturated carbocycles. The smallest absolute Gasteiger partial charge is 0.251 e. The predicted octanol–water partition coefficient (Wildman–Crippen LogP) is 5.11. The van der Waals surface area contributed by atoms with Gasteiger partial charge in [0.05, 0.1) is 0 Å². The third-order valence-electron chi connectivity index (χ3n) is 3.73. The molecule has 1 aromatic heterocycles. The summed E-state index contributed by atoms with van der Waals surface area (Å²) >= 11 is 3.38. The topological polar surface area (TPSA) is 55.1 Å². The second kappa shape index (κ2) is 7.18. The first-order valence-electron chi connectivity index (χ1n) is 7.95. The summed E-state index contributed by atoms with van der Waals surface area (Å²) in [5.74, 6) is 0.820. The van der Waals surface area contributed by atoms with Gasteiger partial charge in [-0.3, -0.25) is 4.79 Å². The van der Waals surface area contributed by atoms with Crippen LogP contribution in [-0.2, 0) is 0 Å². The number of hydrogen-bond donors (Lipinski definition) is 1. The van der Waals surface area contributed by atoms with Gasteiger partial charge >= 0.3 is 0 Å². The average molecular weight is 387 g/mol. The van der Waals surface area contributed by atoms with Crippen LogP contribution < -0.4 is 5.32 Å². The van der Waals surface area contributed by atoms with Gasteiger partial charge in [-0.05, 0) is 48.7 Å². The molecule has 0 aliphatic heterocycles. The Hall–Kier alpha value is -2.14. The van der Waals surface area contributed by atoms with Crippen LogP contribution in [0.25, 0.3) is 11.1 Å². The van der Waals surface area contributed by atoms with Crippen molar-refractivity contribution in [3.8, 4) is 0 Å². The van der Waals surface area contributed by atoms with Crippen molar-refractivity contribution in [2.45, 2.75) is 26.3 Å².